The third-order valence-corrected chi connectivity index (χ3v) is 3.71. The second-order valence-electron chi connectivity index (χ2n) is 4.67. The third kappa shape index (κ3) is 1.91. The van der Waals surface area contributed by atoms with Crippen LogP contribution in [0.5, 0.6) is 0 Å². The highest BCUT2D eigenvalue weighted by molar-refractivity contribution is 5.08. The maximum atomic E-state index is 10.2. The van der Waals surface area contributed by atoms with Gasteiger partial charge in [-0.25, -0.2) is 0 Å². The monoisotopic (exact) mass is 212 g/mol. The minimum Gasteiger partial charge on any atom is -0.495 e. The molecule has 1 fully saturated rings. The normalized spacial score (nSPS) is 42.5. The third-order valence-electron chi connectivity index (χ3n) is 3.71. The van der Waals surface area contributed by atoms with Gasteiger partial charge in [0.2, 0.25) is 0 Å². The van der Waals surface area contributed by atoms with E-state index in [1.165, 1.54) is 0 Å². The second kappa shape index (κ2) is 4.14. The molecule has 1 N–H and O–H groups in total. The van der Waals surface area contributed by atoms with Gasteiger partial charge in [0.15, 0.2) is 0 Å². The first-order valence-corrected chi connectivity index (χ1v) is 5.77. The molecule has 2 aliphatic heterocycles. The molecular formula is C12H20O3. The van der Waals surface area contributed by atoms with Crippen LogP contribution < -0.4 is 0 Å². The maximum absolute atomic E-state index is 10.2. The Bertz CT molecular complexity index is 262. The molecule has 2 heterocycles. The van der Waals surface area contributed by atoms with Crippen LogP contribution in [0.15, 0.2) is 11.8 Å². The van der Waals surface area contributed by atoms with Crippen LogP contribution in [0.25, 0.3) is 0 Å². The number of hydrogen-bond acceptors (Lipinski definition) is 3. The summed E-state index contributed by atoms with van der Waals surface area (Å²) in [5.74, 6) is 1.28. The molecule has 3 nitrogen and oxygen atoms in total. The number of hydrogen-bond donors (Lipinski definition) is 1. The van der Waals surface area contributed by atoms with Crippen molar-refractivity contribution in [3.05, 3.63) is 11.8 Å². The van der Waals surface area contributed by atoms with Gasteiger partial charge in [-0.1, -0.05) is 6.92 Å². The zero-order valence-electron chi connectivity index (χ0n) is 9.64. The van der Waals surface area contributed by atoms with Crippen LogP contribution in [0.1, 0.15) is 27.2 Å². The van der Waals surface area contributed by atoms with Crippen molar-refractivity contribution in [2.24, 2.45) is 11.8 Å². The minimum atomic E-state index is -0.498. The largest absolute Gasteiger partial charge is 0.495 e. The Morgan fingerprint density at radius 3 is 2.53 bits per heavy atom. The molecule has 5 unspecified atom stereocenters. The molecule has 1 saturated heterocycles. The number of aliphatic hydroxyl groups is 1. The van der Waals surface area contributed by atoms with E-state index in [2.05, 4.69) is 13.8 Å². The fourth-order valence-corrected chi connectivity index (χ4v) is 2.67. The van der Waals surface area contributed by atoms with Gasteiger partial charge in [0.25, 0.3) is 0 Å². The zero-order valence-corrected chi connectivity index (χ0v) is 9.64. The van der Waals surface area contributed by atoms with Crippen molar-refractivity contribution in [1.29, 1.82) is 0 Å². The van der Waals surface area contributed by atoms with Gasteiger partial charge in [-0.2, -0.15) is 0 Å². The average molecular weight is 212 g/mol. The van der Waals surface area contributed by atoms with Crippen LogP contribution in [-0.2, 0) is 9.47 Å². The summed E-state index contributed by atoms with van der Waals surface area (Å²) in [6.45, 7) is 6.94. The van der Waals surface area contributed by atoms with Gasteiger partial charge in [0.1, 0.15) is 11.9 Å². The highest BCUT2D eigenvalue weighted by atomic mass is 16.5. The minimum absolute atomic E-state index is 0.107. The summed E-state index contributed by atoms with van der Waals surface area (Å²) in [6.07, 6.45) is 2.74. The standard InChI is InChI=1S/C12H20O3/c1-7-8(2)15-9(3)11(7)12(13)10-5-4-6-14-10/h5,7-9,11-13H,4,6H2,1-3H3. The Morgan fingerprint density at radius 1 is 1.33 bits per heavy atom. The van der Waals surface area contributed by atoms with E-state index in [4.69, 9.17) is 9.47 Å². The molecule has 0 aliphatic carbocycles. The van der Waals surface area contributed by atoms with E-state index >= 15 is 0 Å². The van der Waals surface area contributed by atoms with E-state index in [0.29, 0.717) is 12.5 Å². The number of aliphatic hydroxyl groups excluding tert-OH is 1. The summed E-state index contributed by atoms with van der Waals surface area (Å²) in [4.78, 5) is 0. The Balaban J connectivity index is 2.08. The lowest BCUT2D eigenvalue weighted by atomic mass is 9.84. The van der Waals surface area contributed by atoms with E-state index in [1.54, 1.807) is 0 Å². The molecule has 0 aromatic heterocycles. The average Bonchev–Trinajstić information content (AvgIpc) is 2.76. The van der Waals surface area contributed by atoms with Crippen molar-refractivity contribution in [2.45, 2.75) is 45.5 Å². The zero-order chi connectivity index (χ0) is 11.0. The van der Waals surface area contributed by atoms with E-state index in [0.717, 1.165) is 12.2 Å². The summed E-state index contributed by atoms with van der Waals surface area (Å²) in [7, 11) is 0. The molecule has 0 aromatic carbocycles. The van der Waals surface area contributed by atoms with E-state index in [-0.39, 0.29) is 18.1 Å². The van der Waals surface area contributed by atoms with Gasteiger partial charge in [0.05, 0.1) is 18.8 Å². The van der Waals surface area contributed by atoms with Gasteiger partial charge in [0, 0.05) is 12.3 Å². The van der Waals surface area contributed by atoms with Crippen LogP contribution >= 0.6 is 0 Å². The molecule has 15 heavy (non-hydrogen) atoms. The summed E-state index contributed by atoms with van der Waals surface area (Å²) in [5, 5.41) is 10.2. The molecule has 0 bridgehead atoms. The molecule has 5 atom stereocenters. The Labute approximate surface area is 91.1 Å². The van der Waals surface area contributed by atoms with Crippen molar-refractivity contribution >= 4 is 0 Å². The van der Waals surface area contributed by atoms with Gasteiger partial charge in [-0.3, -0.25) is 0 Å². The van der Waals surface area contributed by atoms with Crippen LogP contribution in [0.2, 0.25) is 0 Å². The smallest absolute Gasteiger partial charge is 0.121 e. The summed E-state index contributed by atoms with van der Waals surface area (Å²) < 4.78 is 11.1. The van der Waals surface area contributed by atoms with Crippen LogP contribution in [0.3, 0.4) is 0 Å². The number of ether oxygens (including phenoxy) is 2. The van der Waals surface area contributed by atoms with Crippen molar-refractivity contribution in [3.8, 4) is 0 Å². The topological polar surface area (TPSA) is 38.7 Å². The molecule has 86 valence electrons. The van der Waals surface area contributed by atoms with Crippen molar-refractivity contribution in [1.82, 2.24) is 0 Å². The molecule has 3 heteroatoms. The van der Waals surface area contributed by atoms with Crippen LogP contribution in [0, 0.1) is 11.8 Å². The van der Waals surface area contributed by atoms with Gasteiger partial charge in [-0.05, 0) is 25.8 Å². The lowest BCUT2D eigenvalue weighted by molar-refractivity contribution is 0.0169. The number of rotatable bonds is 2. The fraction of sp³-hybridized carbons (Fsp3) is 0.833. The second-order valence-corrected chi connectivity index (χ2v) is 4.67. The predicted molar refractivity (Wildman–Crippen MR) is 57.3 cm³/mol. The summed E-state index contributed by atoms with van der Waals surface area (Å²) in [5.41, 5.74) is 0. The van der Waals surface area contributed by atoms with Crippen molar-refractivity contribution in [2.75, 3.05) is 6.61 Å². The predicted octanol–water partition coefficient (Wildman–Crippen LogP) is 1.71. The highest BCUT2D eigenvalue weighted by Crippen LogP contribution is 2.37. The fourth-order valence-electron chi connectivity index (χ4n) is 2.67. The quantitative estimate of drug-likeness (QED) is 0.757. The lowest BCUT2D eigenvalue weighted by Crippen LogP contribution is -2.32. The lowest BCUT2D eigenvalue weighted by Gasteiger charge is -2.25. The van der Waals surface area contributed by atoms with Crippen molar-refractivity contribution < 1.29 is 14.6 Å². The van der Waals surface area contributed by atoms with E-state index in [1.807, 2.05) is 13.0 Å². The molecule has 0 amide bonds. The Kier molecular flexibility index (Phi) is 3.03. The Hall–Kier alpha value is -0.540. The molecule has 2 aliphatic rings. The first-order chi connectivity index (χ1) is 7.11. The van der Waals surface area contributed by atoms with Gasteiger partial charge >= 0.3 is 0 Å². The molecule has 0 radical (unpaired) electrons. The van der Waals surface area contributed by atoms with Crippen molar-refractivity contribution in [3.63, 3.8) is 0 Å². The molecular weight excluding hydrogens is 192 g/mol. The first kappa shape index (κ1) is 11.0. The molecule has 0 aromatic rings. The van der Waals surface area contributed by atoms with Crippen LogP contribution in [-0.4, -0.2) is 30.0 Å². The van der Waals surface area contributed by atoms with Gasteiger partial charge in [-0.15, -0.1) is 0 Å². The van der Waals surface area contributed by atoms with E-state index in [9.17, 15) is 5.11 Å². The molecule has 0 saturated carbocycles. The molecule has 0 spiro atoms. The van der Waals surface area contributed by atoms with E-state index < -0.39 is 6.10 Å². The Morgan fingerprint density at radius 2 is 2.07 bits per heavy atom. The SMILES string of the molecule is CC1OC(C)C(C(O)C2=CCCO2)C1C. The molecule has 2 rings (SSSR count). The summed E-state index contributed by atoms with van der Waals surface area (Å²) in [6, 6.07) is 0. The summed E-state index contributed by atoms with van der Waals surface area (Å²) >= 11 is 0. The van der Waals surface area contributed by atoms with Gasteiger partial charge < -0.3 is 14.6 Å². The highest BCUT2D eigenvalue weighted by Gasteiger charge is 2.43. The van der Waals surface area contributed by atoms with Crippen LogP contribution in [0.4, 0.5) is 0 Å². The maximum Gasteiger partial charge on any atom is 0.121 e. The first-order valence-electron chi connectivity index (χ1n) is 5.77.